The zero-order valence-corrected chi connectivity index (χ0v) is 18.0. The molecule has 0 aliphatic carbocycles. The van der Waals surface area contributed by atoms with Crippen molar-refractivity contribution in [2.75, 3.05) is 13.2 Å². The van der Waals surface area contributed by atoms with Gasteiger partial charge >= 0.3 is 0 Å². The molecular formula is C18H17BrN4O6S. The zero-order chi connectivity index (χ0) is 22.1. The monoisotopic (exact) mass is 496 g/mol. The van der Waals surface area contributed by atoms with Crippen LogP contribution < -0.4 is 25.6 Å². The molecule has 2 amide bonds. The van der Waals surface area contributed by atoms with Crippen LogP contribution in [0, 0.1) is 17.0 Å². The van der Waals surface area contributed by atoms with Crippen molar-refractivity contribution >= 4 is 50.8 Å². The van der Waals surface area contributed by atoms with Gasteiger partial charge in [-0.25, -0.2) is 0 Å². The summed E-state index contributed by atoms with van der Waals surface area (Å²) >= 11 is 8.26. The van der Waals surface area contributed by atoms with E-state index in [0.29, 0.717) is 5.75 Å². The predicted molar refractivity (Wildman–Crippen MR) is 115 cm³/mol. The molecule has 0 saturated heterocycles. The van der Waals surface area contributed by atoms with Crippen LogP contribution in [-0.4, -0.2) is 35.1 Å². The number of nitrogens with one attached hydrogen (secondary N) is 3. The van der Waals surface area contributed by atoms with Gasteiger partial charge in [-0.2, -0.15) is 0 Å². The van der Waals surface area contributed by atoms with Crippen molar-refractivity contribution in [2.24, 2.45) is 0 Å². The second kappa shape index (κ2) is 11.1. The van der Waals surface area contributed by atoms with Gasteiger partial charge < -0.3 is 9.47 Å². The highest BCUT2D eigenvalue weighted by Gasteiger charge is 2.09. The number of carbonyl (C=O) groups excluding carboxylic acids is 2. The normalized spacial score (nSPS) is 9.93. The van der Waals surface area contributed by atoms with Gasteiger partial charge in [0, 0.05) is 16.6 Å². The Morgan fingerprint density at radius 1 is 1.07 bits per heavy atom. The fourth-order valence-corrected chi connectivity index (χ4v) is 2.73. The Hall–Kier alpha value is -3.25. The van der Waals surface area contributed by atoms with Crippen LogP contribution in [0.25, 0.3) is 0 Å². The lowest BCUT2D eigenvalue weighted by Gasteiger charge is -2.12. The zero-order valence-electron chi connectivity index (χ0n) is 15.6. The smallest absolute Gasteiger partial charge is 0.276 e. The van der Waals surface area contributed by atoms with E-state index in [1.807, 2.05) is 13.0 Å². The summed E-state index contributed by atoms with van der Waals surface area (Å²) in [6.45, 7) is 1.22. The standard InChI is InChI=1S/C18H17BrN4O6S/c1-11-8-12(19)2-7-15(11)29-9-16(24)20-18(30)22-21-17(25)10-28-14-5-3-13(4-6-14)23(26)27/h2-8H,9-10H2,1H3,(H,21,25)(H2,20,22,24,30). The first-order valence-electron chi connectivity index (χ1n) is 8.39. The molecule has 10 nitrogen and oxygen atoms in total. The van der Waals surface area contributed by atoms with Gasteiger partial charge in [-0.15, -0.1) is 0 Å². The molecule has 0 fully saturated rings. The summed E-state index contributed by atoms with van der Waals surface area (Å²) in [5, 5.41) is 12.8. The second-order valence-electron chi connectivity index (χ2n) is 5.79. The van der Waals surface area contributed by atoms with E-state index < -0.39 is 16.7 Å². The van der Waals surface area contributed by atoms with Gasteiger partial charge in [0.1, 0.15) is 11.5 Å². The van der Waals surface area contributed by atoms with E-state index in [-0.39, 0.29) is 29.8 Å². The number of hydrazine groups is 1. The van der Waals surface area contributed by atoms with E-state index in [0.717, 1.165) is 10.0 Å². The molecule has 0 radical (unpaired) electrons. The molecule has 2 aromatic carbocycles. The van der Waals surface area contributed by atoms with Crippen molar-refractivity contribution in [1.29, 1.82) is 0 Å². The number of amides is 2. The number of ether oxygens (including phenoxy) is 2. The summed E-state index contributed by atoms with van der Waals surface area (Å²) in [6, 6.07) is 10.6. The average Bonchev–Trinajstić information content (AvgIpc) is 2.70. The molecule has 0 heterocycles. The third-order valence-electron chi connectivity index (χ3n) is 3.48. The van der Waals surface area contributed by atoms with Crippen LogP contribution in [-0.2, 0) is 9.59 Å². The Balaban J connectivity index is 1.67. The summed E-state index contributed by atoms with van der Waals surface area (Å²) in [5.41, 5.74) is 5.38. The van der Waals surface area contributed by atoms with Crippen molar-refractivity contribution in [1.82, 2.24) is 16.2 Å². The minimum atomic E-state index is -0.577. The molecule has 12 heteroatoms. The number of halogens is 1. The first-order valence-corrected chi connectivity index (χ1v) is 9.59. The molecule has 0 saturated carbocycles. The molecule has 2 rings (SSSR count). The van der Waals surface area contributed by atoms with Gasteiger partial charge in [-0.3, -0.25) is 35.9 Å². The second-order valence-corrected chi connectivity index (χ2v) is 7.11. The van der Waals surface area contributed by atoms with Crippen molar-refractivity contribution in [3.63, 3.8) is 0 Å². The maximum atomic E-state index is 11.9. The number of benzene rings is 2. The van der Waals surface area contributed by atoms with Crippen LogP contribution in [0.5, 0.6) is 11.5 Å². The number of nitro benzene ring substituents is 1. The number of rotatable bonds is 7. The Bertz CT molecular complexity index is 954. The Labute approximate surface area is 185 Å². The van der Waals surface area contributed by atoms with E-state index in [2.05, 4.69) is 32.1 Å². The minimum absolute atomic E-state index is 0.0890. The number of aryl methyl sites for hydroxylation is 1. The maximum absolute atomic E-state index is 11.9. The van der Waals surface area contributed by atoms with Gasteiger partial charge in [-0.1, -0.05) is 15.9 Å². The Morgan fingerprint density at radius 2 is 1.73 bits per heavy atom. The highest BCUT2D eigenvalue weighted by atomic mass is 79.9. The van der Waals surface area contributed by atoms with Crippen LogP contribution in [0.3, 0.4) is 0 Å². The van der Waals surface area contributed by atoms with Crippen LogP contribution >= 0.6 is 28.1 Å². The lowest BCUT2D eigenvalue weighted by Crippen LogP contribution is -2.50. The number of hydrogen-bond acceptors (Lipinski definition) is 7. The van der Waals surface area contributed by atoms with Crippen molar-refractivity contribution in [2.45, 2.75) is 6.92 Å². The quantitative estimate of drug-likeness (QED) is 0.301. The number of nitro groups is 1. The molecule has 0 aliphatic rings. The molecule has 0 aliphatic heterocycles. The number of thiocarbonyl (C=S) groups is 1. The van der Waals surface area contributed by atoms with Gasteiger partial charge in [0.25, 0.3) is 17.5 Å². The van der Waals surface area contributed by atoms with E-state index >= 15 is 0 Å². The first kappa shape index (κ1) is 23.0. The molecule has 0 spiro atoms. The first-order chi connectivity index (χ1) is 14.2. The lowest BCUT2D eigenvalue weighted by molar-refractivity contribution is -0.384. The van der Waals surface area contributed by atoms with E-state index in [9.17, 15) is 19.7 Å². The molecule has 0 unspecified atom stereocenters. The van der Waals surface area contributed by atoms with Crippen molar-refractivity contribution in [3.05, 3.63) is 62.6 Å². The average molecular weight is 497 g/mol. The summed E-state index contributed by atoms with van der Waals surface area (Å²) in [7, 11) is 0. The molecule has 0 bridgehead atoms. The number of nitrogens with zero attached hydrogens (tertiary/aromatic N) is 1. The fourth-order valence-electron chi connectivity index (χ4n) is 2.09. The Kier molecular flexibility index (Phi) is 8.50. The largest absolute Gasteiger partial charge is 0.484 e. The topological polar surface area (TPSA) is 132 Å². The molecule has 30 heavy (non-hydrogen) atoms. The van der Waals surface area contributed by atoms with Crippen LogP contribution in [0.2, 0.25) is 0 Å². The SMILES string of the molecule is Cc1cc(Br)ccc1OCC(=O)NC(=S)NNC(=O)COc1ccc([N+](=O)[O-])cc1. The van der Waals surface area contributed by atoms with Gasteiger partial charge in [-0.05, 0) is 55.0 Å². The third-order valence-corrected chi connectivity index (χ3v) is 4.18. The molecule has 3 N–H and O–H groups in total. The highest BCUT2D eigenvalue weighted by molar-refractivity contribution is 9.10. The number of non-ortho nitro benzene ring substituents is 1. The van der Waals surface area contributed by atoms with Crippen molar-refractivity contribution < 1.29 is 24.0 Å². The van der Waals surface area contributed by atoms with Crippen molar-refractivity contribution in [3.8, 4) is 11.5 Å². The van der Waals surface area contributed by atoms with Crippen LogP contribution in [0.15, 0.2) is 46.9 Å². The number of carbonyl (C=O) groups is 2. The summed E-state index contributed by atoms with van der Waals surface area (Å²) in [4.78, 5) is 33.7. The highest BCUT2D eigenvalue weighted by Crippen LogP contribution is 2.22. The lowest BCUT2D eigenvalue weighted by atomic mass is 10.2. The summed E-state index contributed by atoms with van der Waals surface area (Å²) in [5.74, 6) is -0.242. The molecule has 2 aromatic rings. The molecule has 0 atom stereocenters. The molecular weight excluding hydrogens is 480 g/mol. The fraction of sp³-hybridized carbons (Fsp3) is 0.167. The van der Waals surface area contributed by atoms with Gasteiger partial charge in [0.2, 0.25) is 0 Å². The molecule has 158 valence electrons. The molecule has 0 aromatic heterocycles. The number of hydrogen-bond donors (Lipinski definition) is 3. The maximum Gasteiger partial charge on any atom is 0.276 e. The van der Waals surface area contributed by atoms with E-state index in [1.54, 1.807) is 12.1 Å². The van der Waals surface area contributed by atoms with Crippen LogP contribution in [0.4, 0.5) is 5.69 Å². The van der Waals surface area contributed by atoms with Crippen LogP contribution in [0.1, 0.15) is 5.56 Å². The summed E-state index contributed by atoms with van der Waals surface area (Å²) in [6.07, 6.45) is 0. The van der Waals surface area contributed by atoms with Gasteiger partial charge in [0.05, 0.1) is 4.92 Å². The van der Waals surface area contributed by atoms with E-state index in [1.165, 1.54) is 24.3 Å². The predicted octanol–water partition coefficient (Wildman–Crippen LogP) is 2.15. The van der Waals surface area contributed by atoms with Gasteiger partial charge in [0.15, 0.2) is 18.3 Å². The minimum Gasteiger partial charge on any atom is -0.484 e. The third kappa shape index (κ3) is 7.64. The van der Waals surface area contributed by atoms with E-state index in [4.69, 9.17) is 21.7 Å². The summed E-state index contributed by atoms with van der Waals surface area (Å²) < 4.78 is 11.5. The Morgan fingerprint density at radius 3 is 2.37 bits per heavy atom.